The van der Waals surface area contributed by atoms with Crippen LogP contribution in [0.1, 0.15) is 29.0 Å². The lowest BCUT2D eigenvalue weighted by molar-refractivity contribution is -0.139. The number of fused-ring (bicyclic) bond motifs is 3. The number of amides is 2. The topological polar surface area (TPSA) is 105 Å². The summed E-state index contributed by atoms with van der Waals surface area (Å²) < 4.78 is 6.31. The van der Waals surface area contributed by atoms with Crippen LogP contribution in [0.25, 0.3) is 11.1 Å². The normalized spacial score (nSPS) is 12.9. The van der Waals surface area contributed by atoms with E-state index >= 15 is 0 Å². The second-order valence-corrected chi connectivity index (χ2v) is 8.88. The Morgan fingerprint density at radius 3 is 2.21 bits per heavy atom. The van der Waals surface area contributed by atoms with Gasteiger partial charge < -0.3 is 20.5 Å². The third-order valence-electron chi connectivity index (χ3n) is 5.69. The van der Waals surface area contributed by atoms with E-state index in [0.717, 1.165) is 32.3 Å². The molecule has 0 heterocycles. The van der Waals surface area contributed by atoms with E-state index in [1.165, 1.54) is 0 Å². The fourth-order valence-electron chi connectivity index (χ4n) is 4.13. The Hall–Kier alpha value is -3.65. The molecule has 0 fully saturated rings. The quantitative estimate of drug-likeness (QED) is 0.405. The largest absolute Gasteiger partial charge is 0.481 e. The van der Waals surface area contributed by atoms with Crippen molar-refractivity contribution in [1.82, 2.24) is 10.6 Å². The molecule has 0 aromatic heterocycles. The second kappa shape index (κ2) is 10.5. The van der Waals surface area contributed by atoms with Gasteiger partial charge in [-0.25, -0.2) is 4.79 Å². The van der Waals surface area contributed by atoms with Gasteiger partial charge in [-0.2, -0.15) is 0 Å². The smallest absolute Gasteiger partial charge is 0.407 e. The number of carbonyl (C=O) groups is 3. The summed E-state index contributed by atoms with van der Waals surface area (Å²) in [6, 6.07) is 22.0. The van der Waals surface area contributed by atoms with Crippen LogP contribution in [0, 0.1) is 0 Å². The first-order chi connectivity index (χ1) is 16.4. The molecule has 0 radical (unpaired) electrons. The number of benzene rings is 3. The van der Waals surface area contributed by atoms with Crippen molar-refractivity contribution >= 4 is 33.9 Å². The molecule has 1 unspecified atom stereocenters. The van der Waals surface area contributed by atoms with Crippen LogP contribution >= 0.6 is 15.9 Å². The summed E-state index contributed by atoms with van der Waals surface area (Å²) in [4.78, 5) is 36.4. The number of hydrogen-bond acceptors (Lipinski definition) is 4. The number of hydrogen-bond donors (Lipinski definition) is 3. The van der Waals surface area contributed by atoms with Crippen molar-refractivity contribution < 1.29 is 24.2 Å². The highest BCUT2D eigenvalue weighted by atomic mass is 79.9. The van der Waals surface area contributed by atoms with E-state index in [2.05, 4.69) is 26.6 Å². The zero-order valence-corrected chi connectivity index (χ0v) is 19.7. The minimum Gasteiger partial charge on any atom is -0.481 e. The van der Waals surface area contributed by atoms with Crippen LogP contribution in [0.3, 0.4) is 0 Å². The highest BCUT2D eigenvalue weighted by Gasteiger charge is 2.30. The molecule has 1 atom stereocenters. The standard InChI is InChI=1S/C26H23BrN2O5/c27-17-7-5-6-16(12-17)14-28-25(32)23(13-24(30)31)29-26(33)34-15-22-20-10-3-1-8-18(20)19-9-2-4-11-21(19)22/h1-12,22-23H,13-15H2,(H,28,32)(H,29,33)(H,30,31). The maximum Gasteiger partial charge on any atom is 0.407 e. The summed E-state index contributed by atoms with van der Waals surface area (Å²) in [7, 11) is 0. The number of carboxylic acids is 1. The van der Waals surface area contributed by atoms with Crippen LogP contribution < -0.4 is 10.6 Å². The van der Waals surface area contributed by atoms with Crippen molar-refractivity contribution in [3.63, 3.8) is 0 Å². The number of nitrogens with one attached hydrogen (secondary N) is 2. The van der Waals surface area contributed by atoms with Crippen LogP contribution in [0.2, 0.25) is 0 Å². The number of carbonyl (C=O) groups excluding carboxylic acids is 2. The van der Waals surface area contributed by atoms with E-state index in [4.69, 9.17) is 4.74 Å². The molecular weight excluding hydrogens is 500 g/mol. The minimum absolute atomic E-state index is 0.0688. The fourth-order valence-corrected chi connectivity index (χ4v) is 4.57. The van der Waals surface area contributed by atoms with Crippen molar-refractivity contribution in [3.8, 4) is 11.1 Å². The van der Waals surface area contributed by atoms with Gasteiger partial charge in [-0.3, -0.25) is 9.59 Å². The van der Waals surface area contributed by atoms with Crippen LogP contribution in [0.15, 0.2) is 77.3 Å². The third-order valence-corrected chi connectivity index (χ3v) is 6.18. The zero-order chi connectivity index (χ0) is 24.1. The van der Waals surface area contributed by atoms with E-state index in [-0.39, 0.29) is 19.1 Å². The first kappa shape index (κ1) is 23.5. The molecule has 0 bridgehead atoms. The van der Waals surface area contributed by atoms with Gasteiger partial charge in [0, 0.05) is 16.9 Å². The molecule has 174 valence electrons. The molecule has 1 aliphatic rings. The summed E-state index contributed by atoms with van der Waals surface area (Å²) in [5.74, 6) is -1.95. The number of halogens is 1. The molecular formula is C26H23BrN2O5. The summed E-state index contributed by atoms with van der Waals surface area (Å²) >= 11 is 3.37. The van der Waals surface area contributed by atoms with Gasteiger partial charge in [-0.05, 0) is 39.9 Å². The molecule has 0 saturated carbocycles. The maximum atomic E-state index is 12.6. The first-order valence-electron chi connectivity index (χ1n) is 10.8. The Bertz CT molecular complexity index is 1180. The van der Waals surface area contributed by atoms with Crippen molar-refractivity contribution in [2.45, 2.75) is 24.9 Å². The fraction of sp³-hybridized carbons (Fsp3) is 0.192. The number of ether oxygens (including phenoxy) is 1. The summed E-state index contributed by atoms with van der Waals surface area (Å²) in [5, 5.41) is 14.3. The number of rotatable bonds is 8. The molecule has 0 spiro atoms. The molecule has 8 heteroatoms. The zero-order valence-electron chi connectivity index (χ0n) is 18.2. The number of alkyl carbamates (subject to hydrolysis) is 1. The van der Waals surface area contributed by atoms with Crippen molar-refractivity contribution in [1.29, 1.82) is 0 Å². The second-order valence-electron chi connectivity index (χ2n) is 7.97. The van der Waals surface area contributed by atoms with Gasteiger partial charge in [-0.1, -0.05) is 76.6 Å². The van der Waals surface area contributed by atoms with Crippen LogP contribution in [-0.4, -0.2) is 35.7 Å². The van der Waals surface area contributed by atoms with Crippen molar-refractivity contribution in [2.24, 2.45) is 0 Å². The van der Waals surface area contributed by atoms with E-state index in [1.54, 1.807) is 0 Å². The van der Waals surface area contributed by atoms with E-state index < -0.39 is 30.4 Å². The monoisotopic (exact) mass is 522 g/mol. The summed E-state index contributed by atoms with van der Waals surface area (Å²) in [6.07, 6.45) is -1.40. The van der Waals surface area contributed by atoms with Crippen LogP contribution in [0.4, 0.5) is 4.79 Å². The van der Waals surface area contributed by atoms with Crippen molar-refractivity contribution in [2.75, 3.05) is 6.61 Å². The predicted octanol–water partition coefficient (Wildman–Crippen LogP) is 4.45. The lowest BCUT2D eigenvalue weighted by Crippen LogP contribution is -2.48. The average molecular weight is 523 g/mol. The molecule has 7 nitrogen and oxygen atoms in total. The Labute approximate surface area is 205 Å². The SMILES string of the molecule is O=C(O)CC(NC(=O)OCC1c2ccccc2-c2ccccc21)C(=O)NCc1cccc(Br)c1. The molecule has 3 aromatic carbocycles. The molecule has 2 amide bonds. The Morgan fingerprint density at radius 2 is 1.59 bits per heavy atom. The molecule has 3 N–H and O–H groups in total. The van der Waals surface area contributed by atoms with Gasteiger partial charge in [0.2, 0.25) is 5.91 Å². The Balaban J connectivity index is 1.38. The molecule has 0 saturated heterocycles. The third kappa shape index (κ3) is 5.46. The highest BCUT2D eigenvalue weighted by Crippen LogP contribution is 2.44. The summed E-state index contributed by atoms with van der Waals surface area (Å²) in [5.41, 5.74) is 5.15. The lowest BCUT2D eigenvalue weighted by Gasteiger charge is -2.19. The highest BCUT2D eigenvalue weighted by molar-refractivity contribution is 9.10. The maximum absolute atomic E-state index is 12.6. The lowest BCUT2D eigenvalue weighted by atomic mass is 9.98. The van der Waals surface area contributed by atoms with E-state index in [0.29, 0.717) is 0 Å². The Kier molecular flexibility index (Phi) is 7.27. The average Bonchev–Trinajstić information content (AvgIpc) is 3.14. The van der Waals surface area contributed by atoms with Gasteiger partial charge in [0.25, 0.3) is 0 Å². The predicted molar refractivity (Wildman–Crippen MR) is 130 cm³/mol. The van der Waals surface area contributed by atoms with Gasteiger partial charge in [0.15, 0.2) is 0 Å². The van der Waals surface area contributed by atoms with E-state index in [1.807, 2.05) is 72.8 Å². The van der Waals surface area contributed by atoms with Gasteiger partial charge in [-0.15, -0.1) is 0 Å². The molecule has 34 heavy (non-hydrogen) atoms. The summed E-state index contributed by atoms with van der Waals surface area (Å²) in [6.45, 7) is 0.264. The first-order valence-corrected chi connectivity index (χ1v) is 11.6. The van der Waals surface area contributed by atoms with Crippen molar-refractivity contribution in [3.05, 3.63) is 94.0 Å². The molecule has 4 rings (SSSR count). The Morgan fingerprint density at radius 1 is 0.941 bits per heavy atom. The molecule has 3 aromatic rings. The van der Waals surface area contributed by atoms with Gasteiger partial charge in [0.05, 0.1) is 6.42 Å². The minimum atomic E-state index is -1.26. The number of carboxylic acid groups (broad SMARTS) is 1. The number of aliphatic carboxylic acids is 1. The molecule has 1 aliphatic carbocycles. The van der Waals surface area contributed by atoms with E-state index in [9.17, 15) is 19.5 Å². The van der Waals surface area contributed by atoms with Gasteiger partial charge in [0.1, 0.15) is 12.6 Å². The van der Waals surface area contributed by atoms with Crippen LogP contribution in [0.5, 0.6) is 0 Å². The molecule has 0 aliphatic heterocycles. The van der Waals surface area contributed by atoms with Gasteiger partial charge >= 0.3 is 12.1 Å². The van der Waals surface area contributed by atoms with Crippen LogP contribution in [-0.2, 0) is 20.9 Å².